The quantitative estimate of drug-likeness (QED) is 0.911. The largest absolute Gasteiger partial charge is 0.384 e. The SMILES string of the molecule is CCn1ccc(C(=O)N2CCCc3ccccc32)c1N. The molecule has 0 bridgehead atoms. The van der Waals surface area contributed by atoms with E-state index in [0.29, 0.717) is 11.4 Å². The Morgan fingerprint density at radius 3 is 2.85 bits per heavy atom. The molecule has 0 fully saturated rings. The first-order valence-electron chi connectivity index (χ1n) is 7.06. The highest BCUT2D eigenvalue weighted by Crippen LogP contribution is 2.29. The van der Waals surface area contributed by atoms with Crippen LogP contribution in [0.5, 0.6) is 0 Å². The van der Waals surface area contributed by atoms with E-state index < -0.39 is 0 Å². The molecule has 1 amide bonds. The zero-order valence-corrected chi connectivity index (χ0v) is 11.7. The highest BCUT2D eigenvalue weighted by molar-refractivity contribution is 6.09. The van der Waals surface area contributed by atoms with Gasteiger partial charge in [0.15, 0.2) is 0 Å². The molecular formula is C16H19N3O. The number of carbonyl (C=O) groups excluding carboxylic acids is 1. The lowest BCUT2D eigenvalue weighted by Crippen LogP contribution is -2.35. The summed E-state index contributed by atoms with van der Waals surface area (Å²) < 4.78 is 1.89. The van der Waals surface area contributed by atoms with E-state index in [9.17, 15) is 4.79 Å². The third-order valence-electron chi connectivity index (χ3n) is 3.93. The first kappa shape index (κ1) is 12.8. The Balaban J connectivity index is 1.97. The number of anilines is 2. The van der Waals surface area contributed by atoms with Gasteiger partial charge in [-0.15, -0.1) is 0 Å². The summed E-state index contributed by atoms with van der Waals surface area (Å²) in [4.78, 5) is 14.6. The van der Waals surface area contributed by atoms with E-state index >= 15 is 0 Å². The van der Waals surface area contributed by atoms with E-state index in [2.05, 4.69) is 6.07 Å². The van der Waals surface area contributed by atoms with Crippen molar-refractivity contribution in [1.82, 2.24) is 4.57 Å². The van der Waals surface area contributed by atoms with Gasteiger partial charge in [-0.1, -0.05) is 18.2 Å². The van der Waals surface area contributed by atoms with E-state index in [1.54, 1.807) is 0 Å². The van der Waals surface area contributed by atoms with Gasteiger partial charge in [-0.2, -0.15) is 0 Å². The fourth-order valence-electron chi connectivity index (χ4n) is 2.83. The van der Waals surface area contributed by atoms with Crippen molar-refractivity contribution in [2.45, 2.75) is 26.3 Å². The molecule has 0 aliphatic carbocycles. The number of aromatic nitrogens is 1. The van der Waals surface area contributed by atoms with Gasteiger partial charge in [-0.05, 0) is 37.5 Å². The number of benzene rings is 1. The summed E-state index contributed by atoms with van der Waals surface area (Å²) in [7, 11) is 0. The van der Waals surface area contributed by atoms with Crippen LogP contribution >= 0.6 is 0 Å². The van der Waals surface area contributed by atoms with Crippen LogP contribution in [0.25, 0.3) is 0 Å². The molecule has 2 heterocycles. The Hall–Kier alpha value is -2.23. The lowest BCUT2D eigenvalue weighted by Gasteiger charge is -2.29. The van der Waals surface area contributed by atoms with E-state index in [1.165, 1.54) is 5.56 Å². The van der Waals surface area contributed by atoms with Crippen molar-refractivity contribution in [2.24, 2.45) is 0 Å². The van der Waals surface area contributed by atoms with Crippen LogP contribution < -0.4 is 10.6 Å². The molecule has 20 heavy (non-hydrogen) atoms. The second-order valence-electron chi connectivity index (χ2n) is 5.09. The Morgan fingerprint density at radius 2 is 2.10 bits per heavy atom. The fourth-order valence-corrected chi connectivity index (χ4v) is 2.83. The number of carbonyl (C=O) groups is 1. The predicted octanol–water partition coefficient (Wildman–Crippen LogP) is 2.68. The zero-order chi connectivity index (χ0) is 14.1. The van der Waals surface area contributed by atoms with E-state index in [4.69, 9.17) is 5.73 Å². The molecule has 1 aliphatic heterocycles. The molecule has 0 saturated carbocycles. The number of amides is 1. The number of rotatable bonds is 2. The summed E-state index contributed by atoms with van der Waals surface area (Å²) in [5, 5.41) is 0. The molecule has 104 valence electrons. The summed E-state index contributed by atoms with van der Waals surface area (Å²) in [5.41, 5.74) is 8.91. The normalized spacial score (nSPS) is 14.2. The van der Waals surface area contributed by atoms with Crippen LogP contribution in [0.3, 0.4) is 0 Å². The number of aryl methyl sites for hydroxylation is 2. The Morgan fingerprint density at radius 1 is 1.30 bits per heavy atom. The van der Waals surface area contributed by atoms with Crippen LogP contribution in [-0.2, 0) is 13.0 Å². The average Bonchev–Trinajstić information content (AvgIpc) is 2.87. The summed E-state index contributed by atoms with van der Waals surface area (Å²) in [6.45, 7) is 3.54. The molecule has 2 aromatic rings. The topological polar surface area (TPSA) is 51.3 Å². The minimum atomic E-state index is 0.00171. The van der Waals surface area contributed by atoms with Crippen LogP contribution in [-0.4, -0.2) is 17.0 Å². The van der Waals surface area contributed by atoms with Crippen LogP contribution in [0.2, 0.25) is 0 Å². The monoisotopic (exact) mass is 269 g/mol. The maximum atomic E-state index is 12.7. The fraction of sp³-hybridized carbons (Fsp3) is 0.312. The van der Waals surface area contributed by atoms with Crippen molar-refractivity contribution < 1.29 is 4.79 Å². The summed E-state index contributed by atoms with van der Waals surface area (Å²) in [5.74, 6) is 0.558. The van der Waals surface area contributed by atoms with Crippen molar-refractivity contribution in [3.8, 4) is 0 Å². The zero-order valence-electron chi connectivity index (χ0n) is 11.7. The minimum Gasteiger partial charge on any atom is -0.384 e. The number of nitrogens with zero attached hydrogens (tertiary/aromatic N) is 2. The molecule has 1 aliphatic rings. The standard InChI is InChI=1S/C16H19N3O/c1-2-18-11-9-13(15(18)17)16(20)19-10-5-7-12-6-3-4-8-14(12)19/h3-4,6,8-9,11H,2,5,7,10,17H2,1H3. The van der Waals surface area contributed by atoms with Crippen LogP contribution in [0.15, 0.2) is 36.5 Å². The Kier molecular flexibility index (Phi) is 3.22. The number of fused-ring (bicyclic) bond motifs is 1. The summed E-state index contributed by atoms with van der Waals surface area (Å²) in [6.07, 6.45) is 3.90. The molecule has 4 heteroatoms. The molecule has 0 atom stereocenters. The highest BCUT2D eigenvalue weighted by Gasteiger charge is 2.25. The van der Waals surface area contributed by atoms with Gasteiger partial charge in [0.1, 0.15) is 5.82 Å². The highest BCUT2D eigenvalue weighted by atomic mass is 16.2. The lowest BCUT2D eigenvalue weighted by molar-refractivity contribution is 0.0986. The maximum absolute atomic E-state index is 12.7. The van der Waals surface area contributed by atoms with E-state index in [-0.39, 0.29) is 5.91 Å². The predicted molar refractivity (Wildman–Crippen MR) is 81.0 cm³/mol. The van der Waals surface area contributed by atoms with Crippen molar-refractivity contribution in [3.05, 3.63) is 47.7 Å². The third kappa shape index (κ3) is 1.97. The number of nitrogens with two attached hydrogens (primary N) is 1. The van der Waals surface area contributed by atoms with Crippen molar-refractivity contribution in [3.63, 3.8) is 0 Å². The number of hydrogen-bond donors (Lipinski definition) is 1. The van der Waals surface area contributed by atoms with Crippen LogP contribution in [0.4, 0.5) is 11.5 Å². The second-order valence-corrected chi connectivity index (χ2v) is 5.09. The number of para-hydroxylation sites is 1. The van der Waals surface area contributed by atoms with E-state index in [0.717, 1.165) is 31.6 Å². The molecule has 3 rings (SSSR count). The Bertz CT molecular complexity index is 645. The molecule has 2 N–H and O–H groups in total. The molecular weight excluding hydrogens is 250 g/mol. The molecule has 0 radical (unpaired) electrons. The van der Waals surface area contributed by atoms with Crippen molar-refractivity contribution in [1.29, 1.82) is 0 Å². The molecule has 4 nitrogen and oxygen atoms in total. The molecule has 0 saturated heterocycles. The van der Waals surface area contributed by atoms with Crippen molar-refractivity contribution in [2.75, 3.05) is 17.2 Å². The summed E-state index contributed by atoms with van der Waals surface area (Å²) >= 11 is 0. The first-order valence-corrected chi connectivity index (χ1v) is 7.06. The van der Waals surface area contributed by atoms with E-state index in [1.807, 2.05) is 46.9 Å². The molecule has 0 spiro atoms. The van der Waals surface area contributed by atoms with Gasteiger partial charge in [0.2, 0.25) is 0 Å². The molecule has 1 aromatic heterocycles. The maximum Gasteiger partial charge on any atom is 0.262 e. The molecule has 0 unspecified atom stereocenters. The summed E-state index contributed by atoms with van der Waals surface area (Å²) in [6, 6.07) is 9.92. The van der Waals surface area contributed by atoms with Crippen LogP contribution in [0.1, 0.15) is 29.3 Å². The third-order valence-corrected chi connectivity index (χ3v) is 3.93. The van der Waals surface area contributed by atoms with Gasteiger partial charge < -0.3 is 15.2 Å². The Labute approximate surface area is 118 Å². The lowest BCUT2D eigenvalue weighted by atomic mass is 10.0. The smallest absolute Gasteiger partial charge is 0.262 e. The van der Waals surface area contributed by atoms with Gasteiger partial charge >= 0.3 is 0 Å². The van der Waals surface area contributed by atoms with Gasteiger partial charge in [0, 0.05) is 25.0 Å². The second kappa shape index (κ2) is 5.04. The average molecular weight is 269 g/mol. The number of hydrogen-bond acceptors (Lipinski definition) is 2. The van der Waals surface area contributed by atoms with Gasteiger partial charge in [-0.25, -0.2) is 0 Å². The number of nitrogen functional groups attached to an aromatic ring is 1. The van der Waals surface area contributed by atoms with Crippen molar-refractivity contribution >= 4 is 17.4 Å². The van der Waals surface area contributed by atoms with Gasteiger partial charge in [0.05, 0.1) is 5.56 Å². The van der Waals surface area contributed by atoms with Gasteiger partial charge in [-0.3, -0.25) is 4.79 Å². The minimum absolute atomic E-state index is 0.00171. The van der Waals surface area contributed by atoms with Crippen LogP contribution in [0, 0.1) is 0 Å². The first-order chi connectivity index (χ1) is 9.72. The van der Waals surface area contributed by atoms with Gasteiger partial charge in [0.25, 0.3) is 5.91 Å². The molecule has 1 aromatic carbocycles.